The molecule has 6 heteroatoms. The van der Waals surface area contributed by atoms with E-state index in [9.17, 15) is 18.3 Å². The number of hydrogen-bond acceptors (Lipinski definition) is 4. The van der Waals surface area contributed by atoms with Gasteiger partial charge in [0.2, 0.25) is 10.0 Å². The van der Waals surface area contributed by atoms with Gasteiger partial charge in [-0.2, -0.15) is 4.31 Å². The summed E-state index contributed by atoms with van der Waals surface area (Å²) in [5.74, 6) is -1.36. The molecule has 1 aliphatic rings. The monoisotopic (exact) mass is 268 g/mol. The van der Waals surface area contributed by atoms with Crippen LogP contribution in [0.25, 0.3) is 0 Å². The zero-order valence-electron chi connectivity index (χ0n) is 10.0. The highest BCUT2D eigenvalue weighted by Gasteiger charge is 2.27. The molecular weight excluding hydrogens is 254 g/mol. The predicted molar refractivity (Wildman–Crippen MR) is 63.5 cm³/mol. The topological polar surface area (TPSA) is 77.5 Å². The van der Waals surface area contributed by atoms with Crippen LogP contribution in [-0.4, -0.2) is 31.8 Å². The van der Waals surface area contributed by atoms with E-state index >= 15 is 0 Å². The zero-order valence-corrected chi connectivity index (χ0v) is 10.9. The van der Waals surface area contributed by atoms with E-state index < -0.39 is 16.0 Å². The molecule has 0 bridgehead atoms. The minimum Gasteiger partial charge on any atom is -0.545 e. The number of sulfonamides is 1. The second-order valence-corrected chi connectivity index (χ2v) is 6.31. The van der Waals surface area contributed by atoms with Crippen LogP contribution in [0.3, 0.4) is 0 Å². The minimum atomic E-state index is -3.57. The third-order valence-corrected chi connectivity index (χ3v) is 5.03. The number of carbonyl (C=O) groups excluding carboxylic acids is 1. The van der Waals surface area contributed by atoms with Gasteiger partial charge in [0.05, 0.1) is 10.9 Å². The molecule has 1 fully saturated rings. The van der Waals surface area contributed by atoms with Gasteiger partial charge in [0.25, 0.3) is 0 Å². The van der Waals surface area contributed by atoms with Gasteiger partial charge >= 0.3 is 0 Å². The molecule has 2 rings (SSSR count). The number of carboxylic acid groups (broad SMARTS) is 1. The lowest BCUT2D eigenvalue weighted by Gasteiger charge is -2.17. The molecule has 0 aromatic heterocycles. The largest absolute Gasteiger partial charge is 0.545 e. The first-order chi connectivity index (χ1) is 8.43. The van der Waals surface area contributed by atoms with Crippen molar-refractivity contribution in [3.8, 4) is 0 Å². The van der Waals surface area contributed by atoms with Crippen molar-refractivity contribution < 1.29 is 18.3 Å². The molecule has 1 aromatic carbocycles. The Morgan fingerprint density at radius 2 is 1.89 bits per heavy atom. The van der Waals surface area contributed by atoms with Crippen LogP contribution in [0, 0.1) is 6.92 Å². The first kappa shape index (κ1) is 13.0. The fourth-order valence-electron chi connectivity index (χ4n) is 2.06. The molecule has 0 aliphatic carbocycles. The number of carboxylic acids is 1. The SMILES string of the molecule is Cc1ccc(S(=O)(=O)N2CCCC2)cc1C(=O)[O-]. The summed E-state index contributed by atoms with van der Waals surface area (Å²) in [6.07, 6.45) is 1.69. The predicted octanol–water partition coefficient (Wildman–Crippen LogP) is 0.143. The molecule has 18 heavy (non-hydrogen) atoms. The second kappa shape index (κ2) is 4.70. The molecule has 5 nitrogen and oxygen atoms in total. The van der Waals surface area contributed by atoms with Gasteiger partial charge in [-0.05, 0) is 37.5 Å². The number of nitrogens with zero attached hydrogens (tertiary/aromatic N) is 1. The van der Waals surface area contributed by atoms with E-state index in [1.807, 2.05) is 0 Å². The molecule has 0 amide bonds. The zero-order chi connectivity index (χ0) is 13.3. The smallest absolute Gasteiger partial charge is 0.243 e. The molecule has 0 unspecified atom stereocenters. The number of benzene rings is 1. The van der Waals surface area contributed by atoms with Crippen molar-refractivity contribution in [2.45, 2.75) is 24.7 Å². The van der Waals surface area contributed by atoms with Gasteiger partial charge in [0.15, 0.2) is 0 Å². The molecule has 0 saturated carbocycles. The van der Waals surface area contributed by atoms with Crippen molar-refractivity contribution in [2.75, 3.05) is 13.1 Å². The van der Waals surface area contributed by atoms with Gasteiger partial charge in [-0.3, -0.25) is 0 Å². The Balaban J connectivity index is 2.45. The molecule has 1 saturated heterocycles. The highest BCUT2D eigenvalue weighted by Crippen LogP contribution is 2.22. The van der Waals surface area contributed by atoms with E-state index in [-0.39, 0.29) is 10.5 Å². The van der Waals surface area contributed by atoms with Crippen molar-refractivity contribution in [3.05, 3.63) is 29.3 Å². The van der Waals surface area contributed by atoms with Gasteiger partial charge < -0.3 is 9.90 Å². The average molecular weight is 268 g/mol. The fourth-order valence-corrected chi connectivity index (χ4v) is 3.60. The number of hydrogen-bond donors (Lipinski definition) is 0. The maximum Gasteiger partial charge on any atom is 0.243 e. The molecule has 1 aromatic rings. The maximum atomic E-state index is 12.2. The van der Waals surface area contributed by atoms with Crippen LogP contribution in [0.5, 0.6) is 0 Å². The van der Waals surface area contributed by atoms with Crippen LogP contribution in [-0.2, 0) is 10.0 Å². The molecule has 0 atom stereocenters. The van der Waals surface area contributed by atoms with Crippen LogP contribution >= 0.6 is 0 Å². The van der Waals surface area contributed by atoms with E-state index in [4.69, 9.17) is 0 Å². The molecule has 98 valence electrons. The quantitative estimate of drug-likeness (QED) is 0.781. The third kappa shape index (κ3) is 2.26. The fraction of sp³-hybridized carbons (Fsp3) is 0.417. The Morgan fingerprint density at radius 1 is 1.28 bits per heavy atom. The van der Waals surface area contributed by atoms with Crippen molar-refractivity contribution in [1.82, 2.24) is 4.31 Å². The van der Waals surface area contributed by atoms with E-state index in [1.54, 1.807) is 6.92 Å². The van der Waals surface area contributed by atoms with Gasteiger partial charge in [-0.25, -0.2) is 8.42 Å². The minimum absolute atomic E-state index is 0.0224. The number of aryl methyl sites for hydroxylation is 1. The lowest BCUT2D eigenvalue weighted by molar-refractivity contribution is -0.255. The van der Waals surface area contributed by atoms with E-state index in [1.165, 1.54) is 22.5 Å². The van der Waals surface area contributed by atoms with Crippen LogP contribution in [0.4, 0.5) is 0 Å². The van der Waals surface area contributed by atoms with Crippen molar-refractivity contribution in [2.24, 2.45) is 0 Å². The van der Waals surface area contributed by atoms with Crippen LogP contribution in [0.1, 0.15) is 28.8 Å². The average Bonchev–Trinajstić information content (AvgIpc) is 2.82. The summed E-state index contributed by atoms with van der Waals surface area (Å²) >= 11 is 0. The van der Waals surface area contributed by atoms with Gasteiger partial charge in [-0.15, -0.1) is 0 Å². The lowest BCUT2D eigenvalue weighted by atomic mass is 10.1. The highest BCUT2D eigenvalue weighted by atomic mass is 32.2. The van der Waals surface area contributed by atoms with Gasteiger partial charge in [0.1, 0.15) is 0 Å². The molecule has 1 heterocycles. The Labute approximate surface area is 106 Å². The van der Waals surface area contributed by atoms with E-state index in [2.05, 4.69) is 0 Å². The summed E-state index contributed by atoms with van der Waals surface area (Å²) in [6, 6.07) is 4.11. The van der Waals surface area contributed by atoms with Crippen molar-refractivity contribution in [1.29, 1.82) is 0 Å². The summed E-state index contributed by atoms with van der Waals surface area (Å²) in [6.45, 7) is 2.60. The molecule has 0 radical (unpaired) electrons. The number of aromatic carboxylic acids is 1. The highest BCUT2D eigenvalue weighted by molar-refractivity contribution is 7.89. The first-order valence-electron chi connectivity index (χ1n) is 5.75. The first-order valence-corrected chi connectivity index (χ1v) is 7.19. The lowest BCUT2D eigenvalue weighted by Crippen LogP contribution is -2.29. The molecule has 0 spiro atoms. The van der Waals surface area contributed by atoms with Crippen LogP contribution in [0.2, 0.25) is 0 Å². The Morgan fingerprint density at radius 3 is 2.44 bits per heavy atom. The standard InChI is InChI=1S/C12H15NO4S/c1-9-4-5-10(8-11(9)12(14)15)18(16,17)13-6-2-3-7-13/h4-5,8H,2-3,6-7H2,1H3,(H,14,15)/p-1. The number of carbonyl (C=O) groups is 1. The number of rotatable bonds is 3. The molecule has 0 N–H and O–H groups in total. The molecular formula is C12H14NO4S-. The van der Waals surface area contributed by atoms with Crippen molar-refractivity contribution >= 4 is 16.0 Å². The summed E-state index contributed by atoms with van der Waals surface area (Å²) < 4.78 is 25.9. The Hall–Kier alpha value is -1.40. The van der Waals surface area contributed by atoms with Crippen LogP contribution in [0.15, 0.2) is 23.1 Å². The maximum absolute atomic E-state index is 12.2. The summed E-state index contributed by atoms with van der Waals surface area (Å²) in [4.78, 5) is 10.9. The van der Waals surface area contributed by atoms with Gasteiger partial charge in [-0.1, -0.05) is 6.07 Å². The summed E-state index contributed by atoms with van der Waals surface area (Å²) in [7, 11) is -3.57. The summed E-state index contributed by atoms with van der Waals surface area (Å²) in [5.41, 5.74) is 0.422. The third-order valence-electron chi connectivity index (χ3n) is 3.13. The van der Waals surface area contributed by atoms with Gasteiger partial charge in [0, 0.05) is 18.7 Å². The normalized spacial score (nSPS) is 16.9. The van der Waals surface area contributed by atoms with Crippen molar-refractivity contribution in [3.63, 3.8) is 0 Å². The van der Waals surface area contributed by atoms with Crippen LogP contribution < -0.4 is 5.11 Å². The Kier molecular flexibility index (Phi) is 3.41. The molecule has 1 aliphatic heterocycles. The Bertz CT molecular complexity index is 574. The van der Waals surface area contributed by atoms with E-state index in [0.717, 1.165) is 12.8 Å². The summed E-state index contributed by atoms with van der Waals surface area (Å²) in [5, 5.41) is 10.9. The van der Waals surface area contributed by atoms with E-state index in [0.29, 0.717) is 18.7 Å². The second-order valence-electron chi connectivity index (χ2n) is 4.38.